The van der Waals surface area contributed by atoms with Crippen LogP contribution in [0.1, 0.15) is 5.56 Å². The Bertz CT molecular complexity index is 484. The molecule has 2 nitrogen and oxygen atoms in total. The van der Waals surface area contributed by atoms with Gasteiger partial charge in [0.05, 0.1) is 6.10 Å². The number of aryl methyl sites for hydroxylation is 1. The molecule has 0 spiro atoms. The van der Waals surface area contributed by atoms with Crippen molar-refractivity contribution in [2.45, 2.75) is 12.5 Å². The van der Waals surface area contributed by atoms with Crippen LogP contribution in [0.5, 0.6) is 0 Å². The second-order valence-electron chi connectivity index (χ2n) is 3.79. The van der Waals surface area contributed by atoms with Crippen LogP contribution >= 0.6 is 0 Å². The lowest BCUT2D eigenvalue weighted by Gasteiger charge is -2.02. The van der Waals surface area contributed by atoms with E-state index in [2.05, 4.69) is 29.5 Å². The van der Waals surface area contributed by atoms with Gasteiger partial charge in [-0.1, -0.05) is 24.3 Å². The second-order valence-corrected chi connectivity index (χ2v) is 3.79. The summed E-state index contributed by atoms with van der Waals surface area (Å²) in [7, 11) is 2.02. The van der Waals surface area contributed by atoms with E-state index in [1.165, 1.54) is 16.5 Å². The molecule has 2 aromatic rings. The summed E-state index contributed by atoms with van der Waals surface area (Å²) in [5.74, 6) is 0. The lowest BCUT2D eigenvalue weighted by Crippen LogP contribution is -2.05. The number of hydrogen-bond donors (Lipinski definition) is 1. The average Bonchev–Trinajstić information content (AvgIpc) is 2.57. The molecule has 1 atom stereocenters. The molecule has 15 heavy (non-hydrogen) atoms. The van der Waals surface area contributed by atoms with Crippen molar-refractivity contribution in [2.24, 2.45) is 7.05 Å². The number of nitrogens with zero attached hydrogens (tertiary/aromatic N) is 1. The summed E-state index contributed by atoms with van der Waals surface area (Å²) in [4.78, 5) is 0. The molecule has 1 heterocycles. The number of aliphatic hydroxyl groups excluding tert-OH is 1. The van der Waals surface area contributed by atoms with Crippen LogP contribution in [0.2, 0.25) is 0 Å². The van der Waals surface area contributed by atoms with E-state index in [4.69, 9.17) is 0 Å². The summed E-state index contributed by atoms with van der Waals surface area (Å²) in [6.45, 7) is 3.59. The van der Waals surface area contributed by atoms with Crippen molar-refractivity contribution in [3.05, 3.63) is 48.7 Å². The van der Waals surface area contributed by atoms with Crippen molar-refractivity contribution in [2.75, 3.05) is 0 Å². The molecule has 1 unspecified atom stereocenters. The molecule has 0 radical (unpaired) electrons. The Morgan fingerprint density at radius 2 is 2.20 bits per heavy atom. The van der Waals surface area contributed by atoms with E-state index in [-0.39, 0.29) is 0 Å². The van der Waals surface area contributed by atoms with Crippen molar-refractivity contribution < 1.29 is 5.11 Å². The maximum atomic E-state index is 9.55. The van der Waals surface area contributed by atoms with E-state index in [0.29, 0.717) is 6.42 Å². The first-order chi connectivity index (χ1) is 7.22. The van der Waals surface area contributed by atoms with E-state index in [0.717, 1.165) is 0 Å². The van der Waals surface area contributed by atoms with Crippen molar-refractivity contribution in [3.8, 4) is 0 Å². The van der Waals surface area contributed by atoms with Crippen molar-refractivity contribution in [3.63, 3.8) is 0 Å². The number of rotatable bonds is 3. The number of aromatic nitrogens is 1. The van der Waals surface area contributed by atoms with Crippen LogP contribution in [0.4, 0.5) is 0 Å². The smallest absolute Gasteiger partial charge is 0.0759 e. The lowest BCUT2D eigenvalue weighted by atomic mass is 10.1. The SMILES string of the molecule is C=CC(O)Cc1cn(C)c2ccccc12. The van der Waals surface area contributed by atoms with Crippen LogP contribution < -0.4 is 0 Å². The topological polar surface area (TPSA) is 25.2 Å². The molecule has 1 N–H and O–H groups in total. The zero-order valence-corrected chi connectivity index (χ0v) is 8.85. The zero-order chi connectivity index (χ0) is 10.8. The molecular weight excluding hydrogens is 186 g/mol. The second kappa shape index (κ2) is 3.91. The summed E-state index contributed by atoms with van der Waals surface area (Å²) in [5, 5.41) is 10.8. The fraction of sp³-hybridized carbons (Fsp3) is 0.231. The molecule has 1 aromatic carbocycles. The average molecular weight is 201 g/mol. The highest BCUT2D eigenvalue weighted by Crippen LogP contribution is 2.21. The van der Waals surface area contributed by atoms with E-state index in [1.807, 2.05) is 19.2 Å². The maximum absolute atomic E-state index is 9.55. The number of aliphatic hydroxyl groups is 1. The highest BCUT2D eigenvalue weighted by atomic mass is 16.3. The van der Waals surface area contributed by atoms with Gasteiger partial charge in [0.1, 0.15) is 0 Å². The van der Waals surface area contributed by atoms with E-state index in [9.17, 15) is 5.11 Å². The third kappa shape index (κ3) is 1.81. The Balaban J connectivity index is 2.47. The number of para-hydroxylation sites is 1. The molecule has 0 saturated heterocycles. The molecule has 1 aromatic heterocycles. The van der Waals surface area contributed by atoms with Gasteiger partial charge in [-0.3, -0.25) is 0 Å². The molecule has 2 rings (SSSR count). The first kappa shape index (κ1) is 9.99. The normalized spacial score (nSPS) is 12.9. The van der Waals surface area contributed by atoms with Gasteiger partial charge >= 0.3 is 0 Å². The minimum absolute atomic E-state index is 0.462. The zero-order valence-electron chi connectivity index (χ0n) is 8.85. The third-order valence-electron chi connectivity index (χ3n) is 2.68. The van der Waals surface area contributed by atoms with Gasteiger partial charge in [-0.2, -0.15) is 0 Å². The molecule has 0 amide bonds. The van der Waals surface area contributed by atoms with Gasteiger partial charge in [0.25, 0.3) is 0 Å². The van der Waals surface area contributed by atoms with Crippen molar-refractivity contribution in [1.82, 2.24) is 4.57 Å². The van der Waals surface area contributed by atoms with Crippen molar-refractivity contribution in [1.29, 1.82) is 0 Å². The van der Waals surface area contributed by atoms with Gasteiger partial charge < -0.3 is 9.67 Å². The summed E-state index contributed by atoms with van der Waals surface area (Å²) in [6, 6.07) is 8.21. The van der Waals surface area contributed by atoms with E-state index >= 15 is 0 Å². The Hall–Kier alpha value is -1.54. The van der Waals surface area contributed by atoms with Crippen molar-refractivity contribution >= 4 is 10.9 Å². The fourth-order valence-corrected chi connectivity index (χ4v) is 1.90. The minimum atomic E-state index is -0.462. The van der Waals surface area contributed by atoms with E-state index in [1.54, 1.807) is 6.08 Å². The Labute approximate surface area is 89.5 Å². The van der Waals surface area contributed by atoms with E-state index < -0.39 is 6.10 Å². The van der Waals surface area contributed by atoms with Gasteiger partial charge in [-0.15, -0.1) is 6.58 Å². The standard InChI is InChI=1S/C13H15NO/c1-3-11(15)8-10-9-14(2)13-7-5-4-6-12(10)13/h3-7,9,11,15H,1,8H2,2H3. The molecular formula is C13H15NO. The Kier molecular flexibility index (Phi) is 2.60. The number of benzene rings is 1. The molecule has 0 fully saturated rings. The largest absolute Gasteiger partial charge is 0.389 e. The first-order valence-corrected chi connectivity index (χ1v) is 5.06. The molecule has 78 valence electrons. The molecule has 2 heteroatoms. The van der Waals surface area contributed by atoms with Crippen LogP contribution in [0.3, 0.4) is 0 Å². The molecule has 0 bridgehead atoms. The van der Waals surface area contributed by atoms with Crippen LogP contribution in [0.25, 0.3) is 10.9 Å². The van der Waals surface area contributed by atoms with Crippen LogP contribution in [-0.2, 0) is 13.5 Å². The lowest BCUT2D eigenvalue weighted by molar-refractivity contribution is 0.224. The van der Waals surface area contributed by atoms with Gasteiger partial charge in [0.2, 0.25) is 0 Å². The molecule has 0 saturated carbocycles. The molecule has 0 aliphatic carbocycles. The van der Waals surface area contributed by atoms with Crippen LogP contribution in [-0.4, -0.2) is 15.8 Å². The first-order valence-electron chi connectivity index (χ1n) is 5.06. The van der Waals surface area contributed by atoms with Gasteiger partial charge in [0, 0.05) is 30.6 Å². The number of hydrogen-bond acceptors (Lipinski definition) is 1. The molecule has 0 aliphatic heterocycles. The monoisotopic (exact) mass is 201 g/mol. The minimum Gasteiger partial charge on any atom is -0.389 e. The highest BCUT2D eigenvalue weighted by Gasteiger charge is 2.08. The van der Waals surface area contributed by atoms with Gasteiger partial charge in [-0.05, 0) is 11.6 Å². The van der Waals surface area contributed by atoms with Crippen LogP contribution in [0, 0.1) is 0 Å². The maximum Gasteiger partial charge on any atom is 0.0759 e. The van der Waals surface area contributed by atoms with Crippen LogP contribution in [0.15, 0.2) is 43.1 Å². The quantitative estimate of drug-likeness (QED) is 0.757. The Morgan fingerprint density at radius 1 is 1.47 bits per heavy atom. The van der Waals surface area contributed by atoms with Gasteiger partial charge in [0.15, 0.2) is 0 Å². The molecule has 0 aliphatic rings. The summed E-state index contributed by atoms with van der Waals surface area (Å²) in [6.07, 6.45) is 3.81. The summed E-state index contributed by atoms with van der Waals surface area (Å²) in [5.41, 5.74) is 2.37. The Morgan fingerprint density at radius 3 is 2.93 bits per heavy atom. The predicted octanol–water partition coefficient (Wildman–Crippen LogP) is 2.27. The fourth-order valence-electron chi connectivity index (χ4n) is 1.90. The summed E-state index contributed by atoms with van der Waals surface area (Å²) >= 11 is 0. The van der Waals surface area contributed by atoms with Gasteiger partial charge in [-0.25, -0.2) is 0 Å². The number of fused-ring (bicyclic) bond motifs is 1. The third-order valence-corrected chi connectivity index (χ3v) is 2.68. The predicted molar refractivity (Wildman–Crippen MR) is 62.8 cm³/mol. The summed E-state index contributed by atoms with van der Waals surface area (Å²) < 4.78 is 2.08. The highest BCUT2D eigenvalue weighted by molar-refractivity contribution is 5.83.